The van der Waals surface area contributed by atoms with Crippen molar-refractivity contribution in [3.05, 3.63) is 0 Å². The first-order chi connectivity index (χ1) is 6.00. The number of ether oxygens (including phenoxy) is 1. The summed E-state index contributed by atoms with van der Waals surface area (Å²) in [5, 5.41) is 9.10. The molecule has 0 bridgehead atoms. The molecule has 0 heterocycles. The van der Waals surface area contributed by atoms with Crippen molar-refractivity contribution >= 4 is 5.97 Å². The second kappa shape index (κ2) is 3.66. The molecule has 0 amide bonds. The molecular weight excluding hydrogens is 168 g/mol. The van der Waals surface area contributed by atoms with E-state index in [9.17, 15) is 4.79 Å². The molecule has 0 saturated heterocycles. The van der Waals surface area contributed by atoms with Crippen LogP contribution < -0.4 is 0 Å². The van der Waals surface area contributed by atoms with Gasteiger partial charge in [0.15, 0.2) is 5.60 Å². The largest absolute Gasteiger partial charge is 0.479 e. The third kappa shape index (κ3) is 2.02. The lowest BCUT2D eigenvalue weighted by Gasteiger charge is -2.38. The van der Waals surface area contributed by atoms with Gasteiger partial charge in [0.2, 0.25) is 0 Å². The van der Waals surface area contributed by atoms with Crippen LogP contribution in [0.15, 0.2) is 0 Å². The van der Waals surface area contributed by atoms with Crippen LogP contribution >= 0.6 is 0 Å². The molecule has 13 heavy (non-hydrogen) atoms. The molecule has 3 heteroatoms. The molecule has 2 atom stereocenters. The normalized spacial score (nSPS) is 40.2. The maximum atomic E-state index is 11.1. The maximum Gasteiger partial charge on any atom is 0.335 e. The fourth-order valence-corrected chi connectivity index (χ4v) is 2.49. The summed E-state index contributed by atoms with van der Waals surface area (Å²) in [6.07, 6.45) is 2.39. The van der Waals surface area contributed by atoms with Crippen LogP contribution in [0.3, 0.4) is 0 Å². The average molecular weight is 186 g/mol. The fraction of sp³-hybridized carbons (Fsp3) is 0.900. The van der Waals surface area contributed by atoms with Gasteiger partial charge in [-0.3, -0.25) is 0 Å². The molecule has 0 aliphatic heterocycles. The molecule has 0 spiro atoms. The number of hydrogen-bond donors (Lipinski definition) is 1. The Bertz CT molecular complexity index is 190. The van der Waals surface area contributed by atoms with Gasteiger partial charge in [-0.1, -0.05) is 13.8 Å². The van der Waals surface area contributed by atoms with Crippen LogP contribution in [-0.2, 0) is 9.53 Å². The van der Waals surface area contributed by atoms with Gasteiger partial charge in [0.25, 0.3) is 0 Å². The molecule has 0 aromatic rings. The standard InChI is InChI=1S/C10H18O3/c1-7-4-8(2)6-10(5-7,13-3)9(11)12/h7-8H,4-6H2,1-3H3,(H,11,12). The monoisotopic (exact) mass is 186 g/mol. The van der Waals surface area contributed by atoms with Crippen LogP contribution in [0.2, 0.25) is 0 Å². The summed E-state index contributed by atoms with van der Waals surface area (Å²) in [5.74, 6) is 0.0769. The van der Waals surface area contributed by atoms with Crippen LogP contribution in [0.1, 0.15) is 33.1 Å². The summed E-state index contributed by atoms with van der Waals surface area (Å²) in [7, 11) is 1.50. The maximum absolute atomic E-state index is 11.1. The summed E-state index contributed by atoms with van der Waals surface area (Å²) in [6, 6.07) is 0. The van der Waals surface area contributed by atoms with Gasteiger partial charge in [-0.25, -0.2) is 4.79 Å². The minimum absolute atomic E-state index is 0.444. The Hall–Kier alpha value is -0.570. The molecule has 0 aromatic carbocycles. The van der Waals surface area contributed by atoms with E-state index >= 15 is 0 Å². The molecule has 1 rings (SSSR count). The topological polar surface area (TPSA) is 46.5 Å². The zero-order valence-corrected chi connectivity index (χ0v) is 8.54. The molecule has 2 unspecified atom stereocenters. The van der Waals surface area contributed by atoms with E-state index in [1.165, 1.54) is 7.11 Å². The Morgan fingerprint density at radius 2 is 1.85 bits per heavy atom. The Morgan fingerprint density at radius 1 is 1.38 bits per heavy atom. The van der Waals surface area contributed by atoms with Crippen molar-refractivity contribution in [2.45, 2.75) is 38.7 Å². The lowest BCUT2D eigenvalue weighted by atomic mass is 9.73. The second-order valence-electron chi connectivity index (χ2n) is 4.36. The van der Waals surface area contributed by atoms with Crippen LogP contribution in [0.4, 0.5) is 0 Å². The van der Waals surface area contributed by atoms with Crippen molar-refractivity contribution in [2.24, 2.45) is 11.8 Å². The quantitative estimate of drug-likeness (QED) is 0.716. The van der Waals surface area contributed by atoms with Crippen LogP contribution in [0.25, 0.3) is 0 Å². The van der Waals surface area contributed by atoms with Gasteiger partial charge in [-0.2, -0.15) is 0 Å². The molecule has 0 radical (unpaired) electrons. The van der Waals surface area contributed by atoms with Crippen molar-refractivity contribution in [3.8, 4) is 0 Å². The number of aliphatic carboxylic acids is 1. The van der Waals surface area contributed by atoms with Gasteiger partial charge in [0.05, 0.1) is 0 Å². The molecule has 1 fully saturated rings. The Balaban J connectivity index is 2.80. The first kappa shape index (κ1) is 10.5. The number of rotatable bonds is 2. The number of carbonyl (C=O) groups is 1. The number of carboxylic acids is 1. The van der Waals surface area contributed by atoms with Gasteiger partial charge in [0.1, 0.15) is 0 Å². The zero-order chi connectivity index (χ0) is 10.1. The molecule has 1 aliphatic carbocycles. The van der Waals surface area contributed by atoms with E-state index in [1.807, 2.05) is 0 Å². The average Bonchev–Trinajstić information content (AvgIpc) is 2.02. The first-order valence-electron chi connectivity index (χ1n) is 4.78. The summed E-state index contributed by atoms with van der Waals surface area (Å²) in [6.45, 7) is 4.18. The predicted molar refractivity (Wildman–Crippen MR) is 49.6 cm³/mol. The predicted octanol–water partition coefficient (Wildman–Crippen LogP) is 1.91. The van der Waals surface area contributed by atoms with Gasteiger partial charge < -0.3 is 9.84 Å². The van der Waals surface area contributed by atoms with Crippen molar-refractivity contribution in [1.82, 2.24) is 0 Å². The van der Waals surface area contributed by atoms with Gasteiger partial charge >= 0.3 is 5.97 Å². The summed E-state index contributed by atoms with van der Waals surface area (Å²) >= 11 is 0. The van der Waals surface area contributed by atoms with Crippen molar-refractivity contribution in [3.63, 3.8) is 0 Å². The highest BCUT2D eigenvalue weighted by atomic mass is 16.5. The van der Waals surface area contributed by atoms with E-state index in [4.69, 9.17) is 9.84 Å². The van der Waals surface area contributed by atoms with E-state index in [0.29, 0.717) is 24.7 Å². The fourth-order valence-electron chi connectivity index (χ4n) is 2.49. The highest BCUT2D eigenvalue weighted by molar-refractivity contribution is 5.77. The van der Waals surface area contributed by atoms with Crippen molar-refractivity contribution < 1.29 is 14.6 Å². The van der Waals surface area contributed by atoms with Crippen LogP contribution in [0.5, 0.6) is 0 Å². The minimum atomic E-state index is -0.920. The van der Waals surface area contributed by atoms with E-state index in [-0.39, 0.29) is 0 Å². The van der Waals surface area contributed by atoms with E-state index in [0.717, 1.165) is 6.42 Å². The highest BCUT2D eigenvalue weighted by Gasteiger charge is 2.44. The molecule has 1 aliphatic rings. The number of methoxy groups -OCH3 is 1. The molecule has 1 N–H and O–H groups in total. The molecule has 1 saturated carbocycles. The third-order valence-corrected chi connectivity index (χ3v) is 2.94. The number of carboxylic acid groups (broad SMARTS) is 1. The van der Waals surface area contributed by atoms with Gasteiger partial charge in [0, 0.05) is 7.11 Å². The SMILES string of the molecule is COC1(C(=O)O)CC(C)CC(C)C1. The van der Waals surface area contributed by atoms with Crippen molar-refractivity contribution in [1.29, 1.82) is 0 Å². The molecule has 3 nitrogen and oxygen atoms in total. The van der Waals surface area contributed by atoms with E-state index in [2.05, 4.69) is 13.8 Å². The van der Waals surface area contributed by atoms with Crippen LogP contribution in [0, 0.1) is 11.8 Å². The first-order valence-corrected chi connectivity index (χ1v) is 4.78. The molecule has 76 valence electrons. The Morgan fingerprint density at radius 3 is 2.15 bits per heavy atom. The summed E-state index contributed by atoms with van der Waals surface area (Å²) < 4.78 is 5.18. The Kier molecular flexibility index (Phi) is 2.96. The van der Waals surface area contributed by atoms with E-state index in [1.54, 1.807) is 0 Å². The number of hydrogen-bond acceptors (Lipinski definition) is 2. The Labute approximate surface area is 79.1 Å². The summed E-state index contributed by atoms with van der Waals surface area (Å²) in [4.78, 5) is 11.1. The van der Waals surface area contributed by atoms with Gasteiger partial charge in [-0.05, 0) is 31.1 Å². The summed E-state index contributed by atoms with van der Waals surface area (Å²) in [5.41, 5.74) is -0.920. The molecular formula is C10H18O3. The zero-order valence-electron chi connectivity index (χ0n) is 8.54. The molecule has 0 aromatic heterocycles. The smallest absolute Gasteiger partial charge is 0.335 e. The van der Waals surface area contributed by atoms with Crippen molar-refractivity contribution in [2.75, 3.05) is 7.11 Å². The van der Waals surface area contributed by atoms with Crippen LogP contribution in [-0.4, -0.2) is 23.8 Å². The lowest BCUT2D eigenvalue weighted by molar-refractivity contribution is -0.170. The third-order valence-electron chi connectivity index (χ3n) is 2.94. The van der Waals surface area contributed by atoms with Gasteiger partial charge in [-0.15, -0.1) is 0 Å². The lowest BCUT2D eigenvalue weighted by Crippen LogP contribution is -2.46. The minimum Gasteiger partial charge on any atom is -0.479 e. The van der Waals surface area contributed by atoms with E-state index < -0.39 is 11.6 Å². The highest BCUT2D eigenvalue weighted by Crippen LogP contribution is 2.38. The second-order valence-corrected chi connectivity index (χ2v) is 4.36.